The Balaban J connectivity index is 1.66. The highest BCUT2D eigenvalue weighted by Crippen LogP contribution is 2.40. The van der Waals surface area contributed by atoms with Crippen molar-refractivity contribution in [2.45, 2.75) is 37.2 Å². The van der Waals surface area contributed by atoms with E-state index in [0.717, 1.165) is 18.4 Å². The van der Waals surface area contributed by atoms with Crippen LogP contribution >= 0.6 is 0 Å². The van der Waals surface area contributed by atoms with E-state index < -0.39 is 16.1 Å². The first-order valence-electron chi connectivity index (χ1n) is 11.1. The van der Waals surface area contributed by atoms with Crippen molar-refractivity contribution in [1.29, 1.82) is 0 Å². The normalized spacial score (nSPS) is 15.2. The maximum absolute atomic E-state index is 12.9. The van der Waals surface area contributed by atoms with Crippen LogP contribution in [-0.2, 0) is 21.4 Å². The second-order valence-electron chi connectivity index (χ2n) is 8.21. The van der Waals surface area contributed by atoms with E-state index in [2.05, 4.69) is 5.32 Å². The average Bonchev–Trinajstić information content (AvgIpc) is 3.39. The molecular formula is C24H33N3O6S. The summed E-state index contributed by atoms with van der Waals surface area (Å²) in [6.07, 6.45) is 1.77. The molecule has 34 heavy (non-hydrogen) atoms. The van der Waals surface area contributed by atoms with Crippen LogP contribution in [0, 0.1) is 0 Å². The smallest absolute Gasteiger partial charge is 0.243 e. The van der Waals surface area contributed by atoms with Crippen molar-refractivity contribution in [2.75, 3.05) is 46.8 Å². The minimum absolute atomic E-state index is 0.211. The second kappa shape index (κ2) is 11.1. The Bertz CT molecular complexity index is 1100. The van der Waals surface area contributed by atoms with Gasteiger partial charge < -0.3 is 19.5 Å². The van der Waals surface area contributed by atoms with Crippen LogP contribution < -0.4 is 19.5 Å². The van der Waals surface area contributed by atoms with Crippen molar-refractivity contribution in [1.82, 2.24) is 9.21 Å². The Kier molecular flexibility index (Phi) is 8.40. The third kappa shape index (κ3) is 5.45. The zero-order chi connectivity index (χ0) is 24.9. The number of nitrogens with one attached hydrogen (secondary N) is 1. The number of ether oxygens (including phenoxy) is 3. The minimum Gasteiger partial charge on any atom is -0.493 e. The van der Waals surface area contributed by atoms with Gasteiger partial charge in [0.15, 0.2) is 11.5 Å². The number of rotatable bonds is 10. The van der Waals surface area contributed by atoms with Gasteiger partial charge in [0.05, 0.1) is 32.3 Å². The van der Waals surface area contributed by atoms with Crippen LogP contribution in [0.25, 0.3) is 0 Å². The fraction of sp³-hybridized carbons (Fsp3) is 0.458. The van der Waals surface area contributed by atoms with Crippen LogP contribution in [-0.4, -0.2) is 71.0 Å². The summed E-state index contributed by atoms with van der Waals surface area (Å²) in [5, 5.41) is 2.86. The molecule has 1 amide bonds. The summed E-state index contributed by atoms with van der Waals surface area (Å²) in [6, 6.07) is 9.51. The van der Waals surface area contributed by atoms with Crippen LogP contribution in [0.4, 0.5) is 5.69 Å². The molecule has 0 unspecified atom stereocenters. The van der Waals surface area contributed by atoms with E-state index in [1.54, 1.807) is 46.5 Å². The summed E-state index contributed by atoms with van der Waals surface area (Å²) in [5.41, 5.74) is 1.38. The maximum Gasteiger partial charge on any atom is 0.243 e. The number of sulfonamides is 1. The lowest BCUT2D eigenvalue weighted by Crippen LogP contribution is -2.39. The Morgan fingerprint density at radius 1 is 1.00 bits per heavy atom. The van der Waals surface area contributed by atoms with Crippen molar-refractivity contribution < 1.29 is 27.4 Å². The zero-order valence-corrected chi connectivity index (χ0v) is 21.1. The molecule has 10 heteroatoms. The summed E-state index contributed by atoms with van der Waals surface area (Å²) in [4.78, 5) is 15.0. The molecule has 2 aromatic rings. The number of anilines is 1. The number of likely N-dealkylation sites (N-methyl/N-ethyl adjacent to an activating group) is 1. The molecule has 1 fully saturated rings. The lowest BCUT2D eigenvalue weighted by atomic mass is 10.1. The van der Waals surface area contributed by atoms with Gasteiger partial charge >= 0.3 is 0 Å². The average molecular weight is 492 g/mol. The zero-order valence-electron chi connectivity index (χ0n) is 20.3. The molecule has 186 valence electrons. The van der Waals surface area contributed by atoms with E-state index >= 15 is 0 Å². The molecule has 0 aliphatic carbocycles. The first-order chi connectivity index (χ1) is 16.2. The summed E-state index contributed by atoms with van der Waals surface area (Å²) >= 11 is 0. The lowest BCUT2D eigenvalue weighted by Gasteiger charge is -2.25. The molecule has 0 aromatic heterocycles. The highest BCUT2D eigenvalue weighted by Gasteiger charge is 2.27. The fourth-order valence-corrected chi connectivity index (χ4v) is 5.45. The summed E-state index contributed by atoms with van der Waals surface area (Å²) in [5.74, 6) is 1.40. The summed E-state index contributed by atoms with van der Waals surface area (Å²) in [6.45, 7) is 3.34. The van der Waals surface area contributed by atoms with Gasteiger partial charge in [-0.3, -0.25) is 9.69 Å². The maximum atomic E-state index is 12.9. The van der Waals surface area contributed by atoms with Crippen LogP contribution in [0.3, 0.4) is 0 Å². The second-order valence-corrected chi connectivity index (χ2v) is 10.1. The lowest BCUT2D eigenvalue weighted by molar-refractivity contribution is -0.120. The topological polar surface area (TPSA) is 97.4 Å². The SMILES string of the molecule is COc1ccc(CN(C)[C@H](C)C(=O)Nc2ccc(S(=O)(=O)N3CCCC3)cc2)c(OC)c1OC. The molecule has 9 nitrogen and oxygen atoms in total. The van der Waals surface area contributed by atoms with Gasteiger partial charge in [-0.25, -0.2) is 8.42 Å². The van der Waals surface area contributed by atoms with E-state index in [4.69, 9.17) is 14.2 Å². The van der Waals surface area contributed by atoms with Crippen LogP contribution in [0.15, 0.2) is 41.3 Å². The fourth-order valence-electron chi connectivity index (χ4n) is 3.93. The van der Waals surface area contributed by atoms with Gasteiger partial charge in [0, 0.05) is 30.9 Å². The van der Waals surface area contributed by atoms with E-state index in [1.165, 1.54) is 16.4 Å². The highest BCUT2D eigenvalue weighted by molar-refractivity contribution is 7.89. The predicted octanol–water partition coefficient (Wildman–Crippen LogP) is 2.96. The summed E-state index contributed by atoms with van der Waals surface area (Å²) < 4.78 is 43.2. The number of methoxy groups -OCH3 is 3. The molecule has 0 saturated carbocycles. The van der Waals surface area contributed by atoms with Gasteiger partial charge in [-0.2, -0.15) is 4.31 Å². The first kappa shape index (κ1) is 25.8. The van der Waals surface area contributed by atoms with Crippen molar-refractivity contribution in [3.8, 4) is 17.2 Å². The number of carbonyl (C=O) groups is 1. The molecule has 1 aliphatic heterocycles. The molecule has 1 N–H and O–H groups in total. The van der Waals surface area contributed by atoms with Crippen LogP contribution in [0.2, 0.25) is 0 Å². The Labute approximate surface area is 201 Å². The third-order valence-electron chi connectivity index (χ3n) is 6.07. The number of carbonyl (C=O) groups excluding carboxylic acids is 1. The summed E-state index contributed by atoms with van der Waals surface area (Å²) in [7, 11) is 3.02. The number of nitrogens with zero attached hydrogens (tertiary/aromatic N) is 2. The van der Waals surface area contributed by atoms with Crippen LogP contribution in [0.1, 0.15) is 25.3 Å². The predicted molar refractivity (Wildman–Crippen MR) is 130 cm³/mol. The minimum atomic E-state index is -3.48. The van der Waals surface area contributed by atoms with E-state index in [1.807, 2.05) is 18.0 Å². The van der Waals surface area contributed by atoms with Crippen LogP contribution in [0.5, 0.6) is 17.2 Å². The van der Waals surface area contributed by atoms with Gasteiger partial charge in [0.25, 0.3) is 0 Å². The Morgan fingerprint density at radius 3 is 2.18 bits per heavy atom. The molecule has 1 heterocycles. The monoisotopic (exact) mass is 491 g/mol. The molecule has 1 atom stereocenters. The quantitative estimate of drug-likeness (QED) is 0.546. The van der Waals surface area contributed by atoms with E-state index in [9.17, 15) is 13.2 Å². The Morgan fingerprint density at radius 2 is 1.62 bits per heavy atom. The van der Waals surface area contributed by atoms with E-state index in [-0.39, 0.29) is 10.8 Å². The molecule has 1 aliphatic rings. The molecule has 1 saturated heterocycles. The third-order valence-corrected chi connectivity index (χ3v) is 7.98. The molecule has 0 bridgehead atoms. The van der Waals surface area contributed by atoms with Crippen molar-refractivity contribution in [2.24, 2.45) is 0 Å². The van der Waals surface area contributed by atoms with Crippen molar-refractivity contribution in [3.05, 3.63) is 42.0 Å². The van der Waals surface area contributed by atoms with Crippen molar-refractivity contribution >= 4 is 21.6 Å². The number of benzene rings is 2. The largest absolute Gasteiger partial charge is 0.493 e. The molecule has 0 spiro atoms. The molecule has 3 rings (SSSR count). The number of amides is 1. The first-order valence-corrected chi connectivity index (χ1v) is 12.6. The molecular weight excluding hydrogens is 458 g/mol. The Hall–Kier alpha value is -2.82. The van der Waals surface area contributed by atoms with Gasteiger partial charge in [0.1, 0.15) is 0 Å². The molecule has 2 aromatic carbocycles. The standard InChI is InChI=1S/C24H33N3O6S/c1-17(26(2)16-18-8-13-21(31-3)23(33-5)22(18)32-4)24(28)25-19-9-11-20(12-10-19)34(29,30)27-14-6-7-15-27/h8-13,17H,6-7,14-16H2,1-5H3,(H,25,28)/t17-/m1/s1. The number of hydrogen-bond acceptors (Lipinski definition) is 7. The number of hydrogen-bond donors (Lipinski definition) is 1. The highest BCUT2D eigenvalue weighted by atomic mass is 32.2. The van der Waals surface area contributed by atoms with Crippen molar-refractivity contribution in [3.63, 3.8) is 0 Å². The van der Waals surface area contributed by atoms with Gasteiger partial charge in [0.2, 0.25) is 21.7 Å². The van der Waals surface area contributed by atoms with Gasteiger partial charge in [-0.15, -0.1) is 0 Å². The van der Waals surface area contributed by atoms with Gasteiger partial charge in [-0.05, 0) is 57.1 Å². The molecule has 0 radical (unpaired) electrons. The van der Waals surface area contributed by atoms with E-state index in [0.29, 0.717) is 42.6 Å². The van der Waals surface area contributed by atoms with Gasteiger partial charge in [-0.1, -0.05) is 6.07 Å².